The molecule has 1 aliphatic heterocycles. The number of nitrogens with zero attached hydrogens (tertiary/aromatic N) is 1. The molecule has 0 saturated carbocycles. The van der Waals surface area contributed by atoms with E-state index in [0.29, 0.717) is 16.9 Å². The van der Waals surface area contributed by atoms with E-state index in [4.69, 9.17) is 28.6 Å². The molecule has 1 aromatic heterocycles. The Kier molecular flexibility index (Phi) is 2.80. The molecule has 21 heavy (non-hydrogen) atoms. The average Bonchev–Trinajstić information content (AvgIpc) is 3.00. The Labute approximate surface area is 129 Å². The van der Waals surface area contributed by atoms with E-state index >= 15 is 0 Å². The van der Waals surface area contributed by atoms with Gasteiger partial charge in [-0.1, -0.05) is 29.8 Å². The first-order valence-corrected chi connectivity index (χ1v) is 7.25. The largest absolute Gasteiger partial charge is 0.491 e. The molecule has 0 spiro atoms. The standard InChI is InChI=1S/C15H10ClFN2OS/c16-9-5-11-12(6-10(9)17)19(15(21)18-11)13-7-20-14-4-2-1-3-8(13)14/h1-6,13H,7H2,(H,18,21). The van der Waals surface area contributed by atoms with E-state index in [-0.39, 0.29) is 11.1 Å². The molecule has 1 N–H and O–H groups in total. The fraction of sp³-hybridized carbons (Fsp3) is 0.133. The minimum absolute atomic E-state index is 0.0666. The summed E-state index contributed by atoms with van der Waals surface area (Å²) in [5.41, 5.74) is 2.45. The summed E-state index contributed by atoms with van der Waals surface area (Å²) in [6.07, 6.45) is 0. The molecule has 0 bridgehead atoms. The smallest absolute Gasteiger partial charge is 0.178 e. The van der Waals surface area contributed by atoms with E-state index < -0.39 is 5.82 Å². The molecule has 0 saturated heterocycles. The predicted molar refractivity (Wildman–Crippen MR) is 82.2 cm³/mol. The van der Waals surface area contributed by atoms with Gasteiger partial charge in [-0.25, -0.2) is 4.39 Å². The first-order valence-electron chi connectivity index (χ1n) is 6.46. The molecule has 106 valence electrons. The number of nitrogens with one attached hydrogen (secondary N) is 1. The van der Waals surface area contributed by atoms with Crippen LogP contribution in [0.4, 0.5) is 4.39 Å². The van der Waals surface area contributed by atoms with Crippen LogP contribution >= 0.6 is 23.8 Å². The second-order valence-electron chi connectivity index (χ2n) is 4.95. The molecular formula is C15H10ClFN2OS. The molecule has 0 amide bonds. The molecule has 6 heteroatoms. The number of imidazole rings is 1. The molecule has 3 aromatic rings. The zero-order valence-electron chi connectivity index (χ0n) is 10.8. The minimum Gasteiger partial charge on any atom is -0.491 e. The molecular weight excluding hydrogens is 311 g/mol. The number of rotatable bonds is 1. The Hall–Kier alpha value is -1.85. The lowest BCUT2D eigenvalue weighted by molar-refractivity contribution is 0.318. The van der Waals surface area contributed by atoms with Crippen molar-refractivity contribution >= 4 is 34.9 Å². The van der Waals surface area contributed by atoms with Crippen LogP contribution < -0.4 is 4.74 Å². The van der Waals surface area contributed by atoms with Crippen molar-refractivity contribution in [1.29, 1.82) is 0 Å². The van der Waals surface area contributed by atoms with Crippen molar-refractivity contribution in [3.63, 3.8) is 0 Å². The summed E-state index contributed by atoms with van der Waals surface area (Å²) in [5, 5.41) is 0.0778. The highest BCUT2D eigenvalue weighted by Gasteiger charge is 2.27. The summed E-state index contributed by atoms with van der Waals surface area (Å²) in [5.74, 6) is 0.382. The van der Waals surface area contributed by atoms with E-state index in [0.717, 1.165) is 16.8 Å². The van der Waals surface area contributed by atoms with Crippen LogP contribution in [0.15, 0.2) is 36.4 Å². The van der Waals surface area contributed by atoms with Crippen molar-refractivity contribution in [2.24, 2.45) is 0 Å². The molecule has 1 aliphatic rings. The number of hydrogen-bond donors (Lipinski definition) is 1. The fourth-order valence-electron chi connectivity index (χ4n) is 2.79. The highest BCUT2D eigenvalue weighted by Crippen LogP contribution is 2.37. The van der Waals surface area contributed by atoms with Crippen molar-refractivity contribution in [2.45, 2.75) is 6.04 Å². The van der Waals surface area contributed by atoms with Crippen LogP contribution in [0.25, 0.3) is 11.0 Å². The van der Waals surface area contributed by atoms with E-state index in [1.54, 1.807) is 6.07 Å². The maximum Gasteiger partial charge on any atom is 0.178 e. The number of aromatic amines is 1. The predicted octanol–water partition coefficient (Wildman–Crippen LogP) is 4.47. The van der Waals surface area contributed by atoms with Gasteiger partial charge in [-0.3, -0.25) is 0 Å². The quantitative estimate of drug-likeness (QED) is 0.670. The third-order valence-corrected chi connectivity index (χ3v) is 4.33. The summed E-state index contributed by atoms with van der Waals surface area (Å²) >= 11 is 11.2. The van der Waals surface area contributed by atoms with Crippen molar-refractivity contribution in [1.82, 2.24) is 9.55 Å². The van der Waals surface area contributed by atoms with Gasteiger partial charge in [0.15, 0.2) is 4.77 Å². The van der Waals surface area contributed by atoms with Gasteiger partial charge in [0.25, 0.3) is 0 Å². The van der Waals surface area contributed by atoms with Gasteiger partial charge < -0.3 is 14.3 Å². The van der Waals surface area contributed by atoms with Crippen LogP contribution in [0.2, 0.25) is 5.02 Å². The lowest BCUT2D eigenvalue weighted by Gasteiger charge is -2.12. The van der Waals surface area contributed by atoms with Crippen LogP contribution in [-0.2, 0) is 0 Å². The first kappa shape index (κ1) is 12.9. The van der Waals surface area contributed by atoms with Gasteiger partial charge in [0, 0.05) is 11.6 Å². The number of benzene rings is 2. The Morgan fingerprint density at radius 2 is 2.14 bits per heavy atom. The summed E-state index contributed by atoms with van der Waals surface area (Å²) in [4.78, 5) is 3.07. The fourth-order valence-corrected chi connectivity index (χ4v) is 3.29. The number of aromatic nitrogens is 2. The molecule has 1 atom stereocenters. The average molecular weight is 321 g/mol. The Morgan fingerprint density at radius 3 is 3.00 bits per heavy atom. The number of halogens is 2. The third-order valence-electron chi connectivity index (χ3n) is 3.74. The molecule has 1 unspecified atom stereocenters. The van der Waals surface area contributed by atoms with Crippen molar-refractivity contribution in [3.05, 3.63) is 57.6 Å². The van der Waals surface area contributed by atoms with E-state index in [1.165, 1.54) is 6.07 Å². The van der Waals surface area contributed by atoms with Gasteiger partial charge >= 0.3 is 0 Å². The maximum absolute atomic E-state index is 13.8. The number of para-hydroxylation sites is 1. The van der Waals surface area contributed by atoms with Crippen LogP contribution in [0, 0.1) is 10.6 Å². The number of ether oxygens (including phenoxy) is 1. The van der Waals surface area contributed by atoms with Gasteiger partial charge in [0.2, 0.25) is 0 Å². The van der Waals surface area contributed by atoms with E-state index in [1.807, 2.05) is 28.8 Å². The van der Waals surface area contributed by atoms with Crippen LogP contribution in [0.1, 0.15) is 11.6 Å². The molecule has 3 nitrogen and oxygen atoms in total. The minimum atomic E-state index is -0.459. The molecule has 0 fully saturated rings. The lowest BCUT2D eigenvalue weighted by atomic mass is 10.1. The van der Waals surface area contributed by atoms with Crippen molar-refractivity contribution < 1.29 is 9.13 Å². The number of H-pyrrole nitrogens is 1. The topological polar surface area (TPSA) is 29.9 Å². The zero-order chi connectivity index (χ0) is 14.6. The molecule has 2 aromatic carbocycles. The first-order chi connectivity index (χ1) is 10.1. The number of fused-ring (bicyclic) bond motifs is 2. The van der Waals surface area contributed by atoms with Gasteiger partial charge in [-0.2, -0.15) is 0 Å². The lowest BCUT2D eigenvalue weighted by Crippen LogP contribution is -2.12. The summed E-state index contributed by atoms with van der Waals surface area (Å²) < 4.78 is 21.9. The normalized spacial score (nSPS) is 17.0. The third kappa shape index (κ3) is 1.88. The van der Waals surface area contributed by atoms with Gasteiger partial charge in [-0.05, 0) is 24.4 Å². The zero-order valence-corrected chi connectivity index (χ0v) is 12.3. The number of hydrogen-bond acceptors (Lipinski definition) is 2. The summed E-state index contributed by atoms with van der Waals surface area (Å²) in [6, 6.07) is 10.7. The molecule has 2 heterocycles. The summed E-state index contributed by atoms with van der Waals surface area (Å²) in [7, 11) is 0. The van der Waals surface area contributed by atoms with Crippen LogP contribution in [0.3, 0.4) is 0 Å². The Morgan fingerprint density at radius 1 is 1.33 bits per heavy atom. The molecule has 4 rings (SSSR count). The summed E-state index contributed by atoms with van der Waals surface area (Å²) in [6.45, 7) is 0.477. The van der Waals surface area contributed by atoms with E-state index in [9.17, 15) is 4.39 Å². The van der Waals surface area contributed by atoms with Gasteiger partial charge in [0.05, 0.1) is 22.1 Å². The molecule has 0 radical (unpaired) electrons. The SMILES string of the molecule is Fc1cc2c(cc1Cl)[nH]c(=S)n2C1COc2ccccc21. The van der Waals surface area contributed by atoms with Crippen molar-refractivity contribution in [2.75, 3.05) is 6.61 Å². The van der Waals surface area contributed by atoms with Crippen molar-refractivity contribution in [3.8, 4) is 5.75 Å². The monoisotopic (exact) mass is 320 g/mol. The van der Waals surface area contributed by atoms with Crippen LogP contribution in [-0.4, -0.2) is 16.2 Å². The second-order valence-corrected chi connectivity index (χ2v) is 5.74. The second kappa shape index (κ2) is 4.58. The Balaban J connectivity index is 1.98. The maximum atomic E-state index is 13.8. The highest BCUT2D eigenvalue weighted by atomic mass is 35.5. The highest BCUT2D eigenvalue weighted by molar-refractivity contribution is 7.71. The van der Waals surface area contributed by atoms with Gasteiger partial charge in [0.1, 0.15) is 18.2 Å². The molecule has 0 aliphatic carbocycles. The van der Waals surface area contributed by atoms with E-state index in [2.05, 4.69) is 4.98 Å². The van der Waals surface area contributed by atoms with Crippen LogP contribution in [0.5, 0.6) is 5.75 Å². The Bertz CT molecular complexity index is 918. The van der Waals surface area contributed by atoms with Gasteiger partial charge in [-0.15, -0.1) is 0 Å².